The Morgan fingerprint density at radius 3 is 2.60 bits per heavy atom. The number of hydrogen-bond acceptors (Lipinski definition) is 3. The van der Waals surface area contributed by atoms with Crippen LogP contribution in [0.4, 0.5) is 0 Å². The Labute approximate surface area is 123 Å². The third kappa shape index (κ3) is 6.92. The zero-order valence-electron chi connectivity index (χ0n) is 13.5. The molecule has 1 rings (SSSR count). The predicted molar refractivity (Wildman–Crippen MR) is 84.2 cm³/mol. The molecule has 0 amide bonds. The third-order valence-corrected chi connectivity index (χ3v) is 3.31. The molecular weight excluding hydrogens is 250 g/mol. The van der Waals surface area contributed by atoms with Crippen molar-refractivity contribution in [3.63, 3.8) is 0 Å². The fraction of sp³-hybridized carbons (Fsp3) is 0.647. The van der Waals surface area contributed by atoms with E-state index in [-0.39, 0.29) is 5.60 Å². The van der Waals surface area contributed by atoms with Crippen LogP contribution in [0.3, 0.4) is 0 Å². The Balaban J connectivity index is 2.35. The van der Waals surface area contributed by atoms with Crippen molar-refractivity contribution in [2.24, 2.45) is 0 Å². The van der Waals surface area contributed by atoms with Crippen LogP contribution in [0.25, 0.3) is 0 Å². The monoisotopic (exact) mass is 279 g/mol. The molecule has 3 heteroatoms. The molecule has 114 valence electrons. The van der Waals surface area contributed by atoms with E-state index < -0.39 is 0 Å². The number of benzene rings is 1. The summed E-state index contributed by atoms with van der Waals surface area (Å²) in [6.45, 7) is 12.7. The molecule has 20 heavy (non-hydrogen) atoms. The summed E-state index contributed by atoms with van der Waals surface area (Å²) >= 11 is 0. The number of hydrogen-bond donors (Lipinski definition) is 1. The van der Waals surface area contributed by atoms with Crippen LogP contribution in [0.5, 0.6) is 5.75 Å². The van der Waals surface area contributed by atoms with Gasteiger partial charge in [-0.05, 0) is 38.0 Å². The summed E-state index contributed by atoms with van der Waals surface area (Å²) in [4.78, 5) is 0. The van der Waals surface area contributed by atoms with E-state index in [2.05, 4.69) is 52.1 Å². The molecule has 1 N–H and O–H groups in total. The summed E-state index contributed by atoms with van der Waals surface area (Å²) < 4.78 is 11.5. The summed E-state index contributed by atoms with van der Waals surface area (Å²) in [5.41, 5.74) is 1.18. The number of ether oxygens (including phenoxy) is 2. The standard InChI is InChI=1S/C17H29NO2/c1-6-17(4,5)20-11-10-19-16-9-7-8-15(12-16)13-18-14(2)3/h7-9,12,14,18H,6,10-11,13H2,1-5H3. The van der Waals surface area contributed by atoms with Gasteiger partial charge in [-0.1, -0.05) is 32.9 Å². The van der Waals surface area contributed by atoms with E-state index in [4.69, 9.17) is 9.47 Å². The van der Waals surface area contributed by atoms with E-state index in [0.717, 1.165) is 18.7 Å². The van der Waals surface area contributed by atoms with Crippen molar-refractivity contribution < 1.29 is 9.47 Å². The van der Waals surface area contributed by atoms with Gasteiger partial charge in [0.25, 0.3) is 0 Å². The van der Waals surface area contributed by atoms with Crippen molar-refractivity contribution in [2.75, 3.05) is 13.2 Å². The Hall–Kier alpha value is -1.06. The maximum absolute atomic E-state index is 5.77. The fourth-order valence-electron chi connectivity index (χ4n) is 1.65. The minimum atomic E-state index is -0.0631. The second-order valence-electron chi connectivity index (χ2n) is 5.99. The summed E-state index contributed by atoms with van der Waals surface area (Å²) in [5.74, 6) is 0.908. The van der Waals surface area contributed by atoms with E-state index >= 15 is 0 Å². The Morgan fingerprint density at radius 2 is 1.95 bits per heavy atom. The molecule has 0 aromatic heterocycles. The Morgan fingerprint density at radius 1 is 1.20 bits per heavy atom. The molecule has 1 aromatic carbocycles. The molecule has 0 saturated carbocycles. The molecule has 0 aliphatic carbocycles. The van der Waals surface area contributed by atoms with Crippen LogP contribution in [0.1, 0.15) is 46.6 Å². The molecular formula is C17H29NO2. The average molecular weight is 279 g/mol. The summed E-state index contributed by atoms with van der Waals surface area (Å²) in [7, 11) is 0. The van der Waals surface area contributed by atoms with Gasteiger partial charge in [0, 0.05) is 12.6 Å². The first-order valence-electron chi connectivity index (χ1n) is 7.52. The topological polar surface area (TPSA) is 30.5 Å². The van der Waals surface area contributed by atoms with Gasteiger partial charge in [-0.25, -0.2) is 0 Å². The zero-order chi connectivity index (χ0) is 15.0. The number of rotatable bonds is 9. The van der Waals surface area contributed by atoms with Crippen LogP contribution in [-0.2, 0) is 11.3 Å². The molecule has 0 saturated heterocycles. The highest BCUT2D eigenvalue weighted by Gasteiger charge is 2.14. The highest BCUT2D eigenvalue weighted by Crippen LogP contribution is 2.15. The molecule has 0 radical (unpaired) electrons. The van der Waals surface area contributed by atoms with Crippen molar-refractivity contribution in [2.45, 2.75) is 59.2 Å². The van der Waals surface area contributed by atoms with Crippen LogP contribution in [0.2, 0.25) is 0 Å². The first kappa shape index (κ1) is 17.0. The van der Waals surface area contributed by atoms with Gasteiger partial charge in [0.2, 0.25) is 0 Å². The largest absolute Gasteiger partial charge is 0.491 e. The summed E-state index contributed by atoms with van der Waals surface area (Å²) in [6, 6.07) is 8.70. The average Bonchev–Trinajstić information content (AvgIpc) is 2.42. The Bertz CT molecular complexity index is 388. The van der Waals surface area contributed by atoms with Gasteiger partial charge in [0.1, 0.15) is 12.4 Å². The van der Waals surface area contributed by atoms with Gasteiger partial charge in [-0.2, -0.15) is 0 Å². The minimum Gasteiger partial charge on any atom is -0.491 e. The fourth-order valence-corrected chi connectivity index (χ4v) is 1.65. The van der Waals surface area contributed by atoms with Crippen molar-refractivity contribution in [3.8, 4) is 5.75 Å². The maximum atomic E-state index is 5.77. The minimum absolute atomic E-state index is 0.0631. The van der Waals surface area contributed by atoms with Crippen LogP contribution < -0.4 is 10.1 Å². The lowest BCUT2D eigenvalue weighted by atomic mass is 10.1. The molecule has 0 bridgehead atoms. The Kier molecular flexibility index (Phi) is 7.03. The first-order chi connectivity index (χ1) is 9.43. The SMILES string of the molecule is CCC(C)(C)OCCOc1cccc(CNC(C)C)c1. The molecule has 0 fully saturated rings. The molecule has 0 heterocycles. The smallest absolute Gasteiger partial charge is 0.119 e. The summed E-state index contributed by atoms with van der Waals surface area (Å²) in [6.07, 6.45) is 1.00. The van der Waals surface area contributed by atoms with Crippen LogP contribution >= 0.6 is 0 Å². The van der Waals surface area contributed by atoms with E-state index in [1.54, 1.807) is 0 Å². The van der Waals surface area contributed by atoms with Gasteiger partial charge in [0.05, 0.1) is 12.2 Å². The molecule has 3 nitrogen and oxygen atoms in total. The second kappa shape index (κ2) is 8.28. The van der Waals surface area contributed by atoms with Crippen molar-refractivity contribution in [1.29, 1.82) is 0 Å². The van der Waals surface area contributed by atoms with E-state index in [1.807, 2.05) is 12.1 Å². The van der Waals surface area contributed by atoms with Gasteiger partial charge in [-0.15, -0.1) is 0 Å². The normalized spacial score (nSPS) is 11.9. The van der Waals surface area contributed by atoms with Crippen molar-refractivity contribution in [3.05, 3.63) is 29.8 Å². The van der Waals surface area contributed by atoms with E-state index in [1.165, 1.54) is 5.56 Å². The first-order valence-corrected chi connectivity index (χ1v) is 7.52. The third-order valence-electron chi connectivity index (χ3n) is 3.31. The molecule has 1 aromatic rings. The lowest BCUT2D eigenvalue weighted by molar-refractivity contribution is -0.0317. The predicted octanol–water partition coefficient (Wildman–Crippen LogP) is 3.77. The van der Waals surface area contributed by atoms with Gasteiger partial charge >= 0.3 is 0 Å². The molecule has 0 aliphatic heterocycles. The van der Waals surface area contributed by atoms with Crippen LogP contribution in [-0.4, -0.2) is 24.9 Å². The lowest BCUT2D eigenvalue weighted by Gasteiger charge is -2.23. The van der Waals surface area contributed by atoms with Crippen LogP contribution in [0, 0.1) is 0 Å². The van der Waals surface area contributed by atoms with Crippen LogP contribution in [0.15, 0.2) is 24.3 Å². The highest BCUT2D eigenvalue weighted by atomic mass is 16.5. The van der Waals surface area contributed by atoms with E-state index in [0.29, 0.717) is 19.3 Å². The maximum Gasteiger partial charge on any atom is 0.119 e. The number of nitrogens with one attached hydrogen (secondary N) is 1. The molecule has 0 atom stereocenters. The van der Waals surface area contributed by atoms with Gasteiger partial charge < -0.3 is 14.8 Å². The van der Waals surface area contributed by atoms with E-state index in [9.17, 15) is 0 Å². The second-order valence-corrected chi connectivity index (χ2v) is 5.99. The highest BCUT2D eigenvalue weighted by molar-refractivity contribution is 5.28. The van der Waals surface area contributed by atoms with Gasteiger partial charge in [-0.3, -0.25) is 0 Å². The van der Waals surface area contributed by atoms with Gasteiger partial charge in [0.15, 0.2) is 0 Å². The molecule has 0 unspecified atom stereocenters. The van der Waals surface area contributed by atoms with Crippen molar-refractivity contribution in [1.82, 2.24) is 5.32 Å². The molecule has 0 aliphatic rings. The summed E-state index contributed by atoms with van der Waals surface area (Å²) in [5, 5.41) is 3.40. The molecule has 0 spiro atoms. The lowest BCUT2D eigenvalue weighted by Crippen LogP contribution is -2.25. The zero-order valence-corrected chi connectivity index (χ0v) is 13.5. The van der Waals surface area contributed by atoms with Crippen molar-refractivity contribution >= 4 is 0 Å². The quantitative estimate of drug-likeness (QED) is 0.698.